The first kappa shape index (κ1) is 10.9. The largest absolute Gasteiger partial charge is 0.326 e. The van der Waals surface area contributed by atoms with Crippen molar-refractivity contribution in [3.63, 3.8) is 0 Å². The fourth-order valence-electron chi connectivity index (χ4n) is 1.28. The van der Waals surface area contributed by atoms with Crippen LogP contribution in [0.3, 0.4) is 0 Å². The van der Waals surface area contributed by atoms with E-state index in [4.69, 9.17) is 11.5 Å². The molecule has 1 aromatic rings. The summed E-state index contributed by atoms with van der Waals surface area (Å²) in [4.78, 5) is 11.0. The SMILES string of the molecule is CC(=O)C(N)Cc1cccc(CN)c1. The maximum atomic E-state index is 11.0. The van der Waals surface area contributed by atoms with Crippen molar-refractivity contribution in [2.24, 2.45) is 11.5 Å². The molecule has 0 bridgehead atoms. The average Bonchev–Trinajstić information content (AvgIpc) is 2.18. The van der Waals surface area contributed by atoms with Gasteiger partial charge in [-0.3, -0.25) is 4.79 Å². The molecule has 0 aliphatic rings. The number of hydrogen-bond acceptors (Lipinski definition) is 3. The second kappa shape index (κ2) is 4.88. The number of Topliss-reactive ketones (excluding diaryl/α,β-unsaturated/α-hetero) is 1. The Morgan fingerprint density at radius 2 is 2.07 bits per heavy atom. The predicted molar refractivity (Wildman–Crippen MR) is 56.7 cm³/mol. The number of hydrogen-bond donors (Lipinski definition) is 2. The third-order valence-corrected chi connectivity index (χ3v) is 2.20. The third kappa shape index (κ3) is 2.94. The Balaban J connectivity index is 2.71. The van der Waals surface area contributed by atoms with E-state index in [0.29, 0.717) is 13.0 Å². The molecule has 1 atom stereocenters. The smallest absolute Gasteiger partial charge is 0.146 e. The molecular weight excluding hydrogens is 176 g/mol. The van der Waals surface area contributed by atoms with E-state index >= 15 is 0 Å². The number of nitrogens with two attached hydrogens (primary N) is 2. The van der Waals surface area contributed by atoms with Crippen LogP contribution in [0.1, 0.15) is 18.1 Å². The Morgan fingerprint density at radius 3 is 2.64 bits per heavy atom. The van der Waals surface area contributed by atoms with E-state index in [9.17, 15) is 4.79 Å². The number of benzene rings is 1. The van der Waals surface area contributed by atoms with Crippen LogP contribution in [0.5, 0.6) is 0 Å². The van der Waals surface area contributed by atoms with Gasteiger partial charge in [0.2, 0.25) is 0 Å². The topological polar surface area (TPSA) is 69.1 Å². The van der Waals surface area contributed by atoms with E-state index in [1.54, 1.807) is 0 Å². The average molecular weight is 192 g/mol. The molecule has 0 radical (unpaired) electrons. The summed E-state index contributed by atoms with van der Waals surface area (Å²) in [6.45, 7) is 2.03. The fraction of sp³-hybridized carbons (Fsp3) is 0.364. The van der Waals surface area contributed by atoms with Crippen LogP contribution in [0, 0.1) is 0 Å². The van der Waals surface area contributed by atoms with Gasteiger partial charge in [-0.1, -0.05) is 24.3 Å². The van der Waals surface area contributed by atoms with Crippen molar-refractivity contribution >= 4 is 5.78 Å². The van der Waals surface area contributed by atoms with Gasteiger partial charge in [0.05, 0.1) is 6.04 Å². The number of carbonyl (C=O) groups excluding carboxylic acids is 1. The van der Waals surface area contributed by atoms with Crippen molar-refractivity contribution in [1.82, 2.24) is 0 Å². The van der Waals surface area contributed by atoms with Gasteiger partial charge in [0.1, 0.15) is 5.78 Å². The van der Waals surface area contributed by atoms with Crippen LogP contribution in [0.25, 0.3) is 0 Å². The molecule has 0 saturated carbocycles. The first-order valence-corrected chi connectivity index (χ1v) is 4.67. The molecule has 1 rings (SSSR count). The Hall–Kier alpha value is -1.19. The quantitative estimate of drug-likeness (QED) is 0.734. The summed E-state index contributed by atoms with van der Waals surface area (Å²) in [5.41, 5.74) is 13.3. The summed E-state index contributed by atoms with van der Waals surface area (Å²) < 4.78 is 0. The molecule has 76 valence electrons. The van der Waals surface area contributed by atoms with Crippen LogP contribution in [0.4, 0.5) is 0 Å². The third-order valence-electron chi connectivity index (χ3n) is 2.20. The molecule has 1 aromatic carbocycles. The molecule has 14 heavy (non-hydrogen) atoms. The Labute approximate surface area is 84.1 Å². The van der Waals surface area contributed by atoms with Crippen LogP contribution < -0.4 is 11.5 Å². The van der Waals surface area contributed by atoms with Crippen molar-refractivity contribution < 1.29 is 4.79 Å². The molecule has 0 saturated heterocycles. The molecule has 3 nitrogen and oxygen atoms in total. The molecule has 3 heteroatoms. The predicted octanol–water partition coefficient (Wildman–Crippen LogP) is 0.604. The molecule has 0 aliphatic carbocycles. The molecule has 0 amide bonds. The van der Waals surface area contributed by atoms with Crippen LogP contribution in [-0.2, 0) is 17.8 Å². The lowest BCUT2D eigenvalue weighted by Crippen LogP contribution is -2.30. The molecule has 0 fully saturated rings. The molecule has 0 heterocycles. The van der Waals surface area contributed by atoms with E-state index in [0.717, 1.165) is 11.1 Å². The first-order valence-electron chi connectivity index (χ1n) is 4.67. The van der Waals surface area contributed by atoms with Gasteiger partial charge in [-0.25, -0.2) is 0 Å². The van der Waals surface area contributed by atoms with Gasteiger partial charge in [-0.05, 0) is 24.5 Å². The molecule has 0 spiro atoms. The van der Waals surface area contributed by atoms with Gasteiger partial charge in [0.15, 0.2) is 0 Å². The van der Waals surface area contributed by atoms with Crippen molar-refractivity contribution in [3.05, 3.63) is 35.4 Å². The number of rotatable bonds is 4. The minimum absolute atomic E-state index is 0.0168. The van der Waals surface area contributed by atoms with Gasteiger partial charge in [-0.15, -0.1) is 0 Å². The summed E-state index contributed by atoms with van der Waals surface area (Å²) in [5, 5.41) is 0. The lowest BCUT2D eigenvalue weighted by atomic mass is 10.0. The minimum atomic E-state index is -0.400. The zero-order chi connectivity index (χ0) is 10.6. The van der Waals surface area contributed by atoms with E-state index < -0.39 is 6.04 Å². The normalized spacial score (nSPS) is 12.5. The van der Waals surface area contributed by atoms with Gasteiger partial charge < -0.3 is 11.5 Å². The standard InChI is InChI=1S/C11H16N2O/c1-8(14)11(13)6-9-3-2-4-10(5-9)7-12/h2-5,11H,6-7,12-13H2,1H3. The molecule has 4 N–H and O–H groups in total. The zero-order valence-electron chi connectivity index (χ0n) is 8.36. The summed E-state index contributed by atoms with van der Waals surface area (Å²) in [7, 11) is 0. The van der Waals surface area contributed by atoms with Gasteiger partial charge in [0.25, 0.3) is 0 Å². The van der Waals surface area contributed by atoms with Crippen LogP contribution in [-0.4, -0.2) is 11.8 Å². The molecule has 0 aromatic heterocycles. The second-order valence-corrected chi connectivity index (χ2v) is 3.45. The Morgan fingerprint density at radius 1 is 1.43 bits per heavy atom. The number of ketones is 1. The van der Waals surface area contributed by atoms with Crippen LogP contribution >= 0.6 is 0 Å². The van der Waals surface area contributed by atoms with Crippen LogP contribution in [0.2, 0.25) is 0 Å². The Bertz CT molecular complexity index is 323. The molecule has 0 aliphatic heterocycles. The fourth-order valence-corrected chi connectivity index (χ4v) is 1.28. The Kier molecular flexibility index (Phi) is 3.80. The zero-order valence-corrected chi connectivity index (χ0v) is 8.36. The second-order valence-electron chi connectivity index (χ2n) is 3.45. The van der Waals surface area contributed by atoms with Gasteiger partial charge in [-0.2, -0.15) is 0 Å². The number of carbonyl (C=O) groups is 1. The van der Waals surface area contributed by atoms with Gasteiger partial charge in [0, 0.05) is 6.54 Å². The van der Waals surface area contributed by atoms with E-state index in [-0.39, 0.29) is 5.78 Å². The van der Waals surface area contributed by atoms with Crippen LogP contribution in [0.15, 0.2) is 24.3 Å². The van der Waals surface area contributed by atoms with E-state index in [1.807, 2.05) is 24.3 Å². The lowest BCUT2D eigenvalue weighted by molar-refractivity contribution is -0.118. The van der Waals surface area contributed by atoms with Gasteiger partial charge >= 0.3 is 0 Å². The minimum Gasteiger partial charge on any atom is -0.326 e. The highest BCUT2D eigenvalue weighted by atomic mass is 16.1. The summed E-state index contributed by atoms with van der Waals surface area (Å²) in [6.07, 6.45) is 0.586. The summed E-state index contributed by atoms with van der Waals surface area (Å²) in [5.74, 6) is 0.0168. The summed E-state index contributed by atoms with van der Waals surface area (Å²) in [6, 6.07) is 7.45. The maximum absolute atomic E-state index is 11.0. The molecular formula is C11H16N2O. The summed E-state index contributed by atoms with van der Waals surface area (Å²) >= 11 is 0. The monoisotopic (exact) mass is 192 g/mol. The maximum Gasteiger partial charge on any atom is 0.146 e. The van der Waals surface area contributed by atoms with E-state index in [1.165, 1.54) is 6.92 Å². The van der Waals surface area contributed by atoms with Crippen molar-refractivity contribution in [2.45, 2.75) is 25.9 Å². The first-order chi connectivity index (χ1) is 6.63. The van der Waals surface area contributed by atoms with Crippen molar-refractivity contribution in [3.8, 4) is 0 Å². The van der Waals surface area contributed by atoms with E-state index in [2.05, 4.69) is 0 Å². The molecule has 1 unspecified atom stereocenters. The highest BCUT2D eigenvalue weighted by Gasteiger charge is 2.08. The highest BCUT2D eigenvalue weighted by molar-refractivity contribution is 5.81. The lowest BCUT2D eigenvalue weighted by Gasteiger charge is -2.08. The van der Waals surface area contributed by atoms with Crippen molar-refractivity contribution in [1.29, 1.82) is 0 Å². The van der Waals surface area contributed by atoms with Crippen molar-refractivity contribution in [2.75, 3.05) is 0 Å². The highest BCUT2D eigenvalue weighted by Crippen LogP contribution is 2.06.